The van der Waals surface area contributed by atoms with Crippen LogP contribution in [0.4, 0.5) is 4.79 Å². The lowest BCUT2D eigenvalue weighted by Gasteiger charge is -2.17. The Morgan fingerprint density at radius 1 is 1.00 bits per heavy atom. The van der Waals surface area contributed by atoms with Crippen molar-refractivity contribution in [2.24, 2.45) is 5.92 Å². The predicted octanol–water partition coefficient (Wildman–Crippen LogP) is 3.94. The Bertz CT molecular complexity index is 979. The van der Waals surface area contributed by atoms with Gasteiger partial charge in [-0.25, -0.2) is 9.59 Å². The molecule has 0 aliphatic heterocycles. The topological polar surface area (TPSA) is 114 Å². The minimum atomic E-state index is -1.06. The third kappa shape index (κ3) is 7.29. The SMILES string of the molecule is COCCCC(NC(=O)CCC(C)CNC(=O)OCC1c2ccccc2-c2ccccc21)C(=O)O. The number of carbonyl (C=O) groups is 3. The first kappa shape index (κ1) is 26.2. The highest BCUT2D eigenvalue weighted by Gasteiger charge is 2.29. The van der Waals surface area contributed by atoms with Crippen molar-refractivity contribution in [3.8, 4) is 11.1 Å². The molecule has 2 unspecified atom stereocenters. The highest BCUT2D eigenvalue weighted by molar-refractivity contribution is 5.83. The number of ether oxygens (including phenoxy) is 2. The lowest BCUT2D eigenvalue weighted by Crippen LogP contribution is -2.41. The first-order chi connectivity index (χ1) is 16.9. The van der Waals surface area contributed by atoms with Crippen LogP contribution in [-0.4, -0.2) is 56.0 Å². The average molecular weight is 483 g/mol. The molecule has 0 saturated heterocycles. The molecule has 1 aliphatic rings. The zero-order chi connectivity index (χ0) is 25.2. The smallest absolute Gasteiger partial charge is 0.407 e. The van der Waals surface area contributed by atoms with Gasteiger partial charge in [0.2, 0.25) is 5.91 Å². The van der Waals surface area contributed by atoms with Crippen molar-refractivity contribution in [3.63, 3.8) is 0 Å². The highest BCUT2D eigenvalue weighted by Crippen LogP contribution is 2.44. The number of nitrogens with one attached hydrogen (secondary N) is 2. The Morgan fingerprint density at radius 2 is 1.63 bits per heavy atom. The number of carboxylic acid groups (broad SMARTS) is 1. The van der Waals surface area contributed by atoms with E-state index in [1.165, 1.54) is 11.1 Å². The van der Waals surface area contributed by atoms with E-state index >= 15 is 0 Å². The summed E-state index contributed by atoms with van der Waals surface area (Å²) in [4.78, 5) is 35.8. The average Bonchev–Trinajstić information content (AvgIpc) is 3.18. The largest absolute Gasteiger partial charge is 0.480 e. The fraction of sp³-hybridized carbons (Fsp3) is 0.444. The number of benzene rings is 2. The van der Waals surface area contributed by atoms with Crippen LogP contribution in [0.1, 0.15) is 49.7 Å². The number of rotatable bonds is 13. The molecule has 0 saturated carbocycles. The summed E-state index contributed by atoms with van der Waals surface area (Å²) in [5.74, 6) is -1.35. The van der Waals surface area contributed by atoms with Crippen LogP contribution >= 0.6 is 0 Å². The molecule has 0 heterocycles. The van der Waals surface area contributed by atoms with Crippen molar-refractivity contribution in [2.45, 2.75) is 44.6 Å². The second-order valence-corrected chi connectivity index (χ2v) is 8.94. The summed E-state index contributed by atoms with van der Waals surface area (Å²) >= 11 is 0. The van der Waals surface area contributed by atoms with Gasteiger partial charge in [-0.15, -0.1) is 0 Å². The van der Waals surface area contributed by atoms with E-state index < -0.39 is 18.1 Å². The maximum atomic E-state index is 12.3. The van der Waals surface area contributed by atoms with E-state index in [-0.39, 0.29) is 30.8 Å². The Balaban J connectivity index is 1.39. The second kappa shape index (κ2) is 12.9. The van der Waals surface area contributed by atoms with E-state index in [4.69, 9.17) is 9.47 Å². The predicted molar refractivity (Wildman–Crippen MR) is 132 cm³/mol. The van der Waals surface area contributed by atoms with Crippen LogP contribution in [0, 0.1) is 5.92 Å². The lowest BCUT2D eigenvalue weighted by molar-refractivity contribution is -0.142. The van der Waals surface area contributed by atoms with Crippen LogP contribution < -0.4 is 10.6 Å². The van der Waals surface area contributed by atoms with Gasteiger partial charge in [-0.2, -0.15) is 0 Å². The molecule has 1 aliphatic carbocycles. The normalized spacial score (nSPS) is 13.9. The number of fused-ring (bicyclic) bond motifs is 3. The Morgan fingerprint density at radius 3 is 2.23 bits per heavy atom. The monoisotopic (exact) mass is 482 g/mol. The van der Waals surface area contributed by atoms with E-state index in [2.05, 4.69) is 34.9 Å². The third-order valence-corrected chi connectivity index (χ3v) is 6.28. The Labute approximate surface area is 206 Å². The van der Waals surface area contributed by atoms with Gasteiger partial charge in [0.15, 0.2) is 0 Å². The van der Waals surface area contributed by atoms with Crippen LogP contribution in [0.25, 0.3) is 11.1 Å². The fourth-order valence-corrected chi connectivity index (χ4v) is 4.34. The van der Waals surface area contributed by atoms with Crippen molar-refractivity contribution >= 4 is 18.0 Å². The molecule has 8 heteroatoms. The summed E-state index contributed by atoms with van der Waals surface area (Å²) in [7, 11) is 1.55. The van der Waals surface area contributed by atoms with Gasteiger partial charge < -0.3 is 25.2 Å². The number of hydrogen-bond donors (Lipinski definition) is 3. The first-order valence-corrected chi connectivity index (χ1v) is 12.0. The second-order valence-electron chi connectivity index (χ2n) is 8.94. The van der Waals surface area contributed by atoms with E-state index in [9.17, 15) is 19.5 Å². The molecule has 2 amide bonds. The zero-order valence-electron chi connectivity index (χ0n) is 20.3. The molecule has 0 radical (unpaired) electrons. The van der Waals surface area contributed by atoms with Gasteiger partial charge in [0.25, 0.3) is 0 Å². The molecular formula is C27H34N2O6. The molecule has 3 N–H and O–H groups in total. The standard InChI is InChI=1S/C27H34N2O6/c1-18(13-14-25(30)29-24(26(31)32)12-7-15-34-2)16-28-27(33)35-17-23-21-10-5-3-8-19(21)20-9-4-6-11-22(20)23/h3-6,8-11,18,23-24H,7,12-17H2,1-2H3,(H,28,33)(H,29,30)(H,31,32). The van der Waals surface area contributed by atoms with E-state index in [0.717, 1.165) is 11.1 Å². The molecule has 3 rings (SSSR count). The number of amides is 2. The lowest BCUT2D eigenvalue weighted by atomic mass is 9.98. The highest BCUT2D eigenvalue weighted by atomic mass is 16.5. The number of aliphatic carboxylic acids is 1. The molecule has 2 atom stereocenters. The third-order valence-electron chi connectivity index (χ3n) is 6.28. The van der Waals surface area contributed by atoms with E-state index in [1.54, 1.807) is 7.11 Å². The molecular weight excluding hydrogens is 448 g/mol. The molecule has 0 aromatic heterocycles. The first-order valence-electron chi connectivity index (χ1n) is 12.0. The number of carbonyl (C=O) groups excluding carboxylic acids is 2. The van der Waals surface area contributed by atoms with Gasteiger partial charge >= 0.3 is 12.1 Å². The Kier molecular flexibility index (Phi) is 9.66. The van der Waals surface area contributed by atoms with Crippen LogP contribution in [0.2, 0.25) is 0 Å². The van der Waals surface area contributed by atoms with Crippen LogP contribution in [0.3, 0.4) is 0 Å². The molecule has 188 valence electrons. The number of alkyl carbamates (subject to hydrolysis) is 1. The molecule has 8 nitrogen and oxygen atoms in total. The maximum Gasteiger partial charge on any atom is 0.407 e. The van der Waals surface area contributed by atoms with Gasteiger partial charge in [-0.05, 0) is 47.4 Å². The summed E-state index contributed by atoms with van der Waals surface area (Å²) in [5.41, 5.74) is 4.66. The van der Waals surface area contributed by atoms with Gasteiger partial charge in [0, 0.05) is 32.6 Å². The fourth-order valence-electron chi connectivity index (χ4n) is 4.34. The number of carboxylic acids is 1. The molecule has 0 fully saturated rings. The van der Waals surface area contributed by atoms with Crippen molar-refractivity contribution in [2.75, 3.05) is 26.9 Å². The number of methoxy groups -OCH3 is 1. The van der Waals surface area contributed by atoms with E-state index in [0.29, 0.717) is 32.4 Å². The van der Waals surface area contributed by atoms with Crippen LogP contribution in [0.5, 0.6) is 0 Å². The maximum absolute atomic E-state index is 12.3. The van der Waals surface area contributed by atoms with Gasteiger partial charge in [-0.1, -0.05) is 55.5 Å². The van der Waals surface area contributed by atoms with Gasteiger partial charge in [-0.3, -0.25) is 4.79 Å². The number of hydrogen-bond acceptors (Lipinski definition) is 5. The molecule has 0 bridgehead atoms. The molecule has 0 spiro atoms. The molecule has 2 aromatic carbocycles. The summed E-state index contributed by atoms with van der Waals surface area (Å²) in [6.45, 7) is 2.97. The van der Waals surface area contributed by atoms with Gasteiger partial charge in [0.1, 0.15) is 12.6 Å². The summed E-state index contributed by atoms with van der Waals surface area (Å²) in [6.07, 6.45) is 1.07. The molecule has 35 heavy (non-hydrogen) atoms. The van der Waals surface area contributed by atoms with Crippen LogP contribution in [0.15, 0.2) is 48.5 Å². The van der Waals surface area contributed by atoms with Crippen molar-refractivity contribution < 1.29 is 29.0 Å². The quantitative estimate of drug-likeness (QED) is 0.373. The van der Waals surface area contributed by atoms with E-state index in [1.807, 2.05) is 31.2 Å². The summed E-state index contributed by atoms with van der Waals surface area (Å²) in [6, 6.07) is 15.4. The zero-order valence-corrected chi connectivity index (χ0v) is 20.3. The van der Waals surface area contributed by atoms with Crippen molar-refractivity contribution in [1.29, 1.82) is 0 Å². The van der Waals surface area contributed by atoms with Crippen molar-refractivity contribution in [1.82, 2.24) is 10.6 Å². The molecule has 2 aromatic rings. The minimum absolute atomic E-state index is 0.000314. The minimum Gasteiger partial charge on any atom is -0.480 e. The van der Waals surface area contributed by atoms with Gasteiger partial charge in [0.05, 0.1) is 0 Å². The van der Waals surface area contributed by atoms with Crippen LogP contribution in [-0.2, 0) is 19.1 Å². The van der Waals surface area contributed by atoms with Crippen molar-refractivity contribution in [3.05, 3.63) is 59.7 Å². The Hall–Kier alpha value is -3.39. The summed E-state index contributed by atoms with van der Waals surface area (Å²) < 4.78 is 10.5. The summed E-state index contributed by atoms with van der Waals surface area (Å²) in [5, 5.41) is 14.6.